The highest BCUT2D eigenvalue weighted by Crippen LogP contribution is 2.30. The number of hydrogen-bond acceptors (Lipinski definition) is 5. The minimum Gasteiger partial charge on any atom is -0.469 e. The number of nitro benzene ring substituents is 1. The SMILES string of the molecule is COC(=O)[C@H]1CC[C@@H](Nc2ccc([N+](=O)[O-])cc2F)C1. The number of anilines is 1. The van der Waals surface area contributed by atoms with Crippen LogP contribution in [0, 0.1) is 21.8 Å². The van der Waals surface area contributed by atoms with Crippen molar-refractivity contribution >= 4 is 17.3 Å². The van der Waals surface area contributed by atoms with Crippen LogP contribution in [0.25, 0.3) is 0 Å². The molecule has 1 saturated carbocycles. The topological polar surface area (TPSA) is 81.5 Å². The molecule has 1 aliphatic carbocycles. The Morgan fingerprint density at radius 2 is 2.25 bits per heavy atom. The second kappa shape index (κ2) is 5.85. The van der Waals surface area contributed by atoms with Gasteiger partial charge in [0, 0.05) is 12.1 Å². The van der Waals surface area contributed by atoms with Crippen LogP contribution in [-0.2, 0) is 9.53 Å². The van der Waals surface area contributed by atoms with E-state index in [0.717, 1.165) is 12.5 Å². The number of nitrogens with one attached hydrogen (secondary N) is 1. The third-order valence-corrected chi connectivity index (χ3v) is 3.49. The summed E-state index contributed by atoms with van der Waals surface area (Å²) in [5.41, 5.74) is -0.0713. The van der Waals surface area contributed by atoms with Gasteiger partial charge in [0.1, 0.15) is 0 Å². The van der Waals surface area contributed by atoms with Gasteiger partial charge in [0.15, 0.2) is 5.82 Å². The molecule has 2 atom stereocenters. The van der Waals surface area contributed by atoms with Crippen molar-refractivity contribution in [2.24, 2.45) is 5.92 Å². The first-order valence-electron chi connectivity index (χ1n) is 6.29. The van der Waals surface area contributed by atoms with Gasteiger partial charge in [0.05, 0.1) is 29.7 Å². The molecule has 20 heavy (non-hydrogen) atoms. The van der Waals surface area contributed by atoms with Gasteiger partial charge in [-0.3, -0.25) is 14.9 Å². The Kier molecular flexibility index (Phi) is 4.16. The summed E-state index contributed by atoms with van der Waals surface area (Å²) >= 11 is 0. The number of carbonyl (C=O) groups is 1. The van der Waals surface area contributed by atoms with Crippen LogP contribution in [0.1, 0.15) is 19.3 Å². The molecule has 0 spiro atoms. The smallest absolute Gasteiger partial charge is 0.308 e. The average molecular weight is 282 g/mol. The fourth-order valence-electron chi connectivity index (χ4n) is 2.45. The molecule has 0 bridgehead atoms. The Labute approximate surface area is 115 Å². The summed E-state index contributed by atoms with van der Waals surface area (Å²) in [6.45, 7) is 0. The Morgan fingerprint density at radius 3 is 2.85 bits per heavy atom. The lowest BCUT2D eigenvalue weighted by Crippen LogP contribution is -2.19. The maximum Gasteiger partial charge on any atom is 0.308 e. The number of methoxy groups -OCH3 is 1. The van der Waals surface area contributed by atoms with E-state index in [2.05, 4.69) is 10.1 Å². The van der Waals surface area contributed by atoms with E-state index < -0.39 is 10.7 Å². The molecule has 0 aromatic heterocycles. The first-order chi connectivity index (χ1) is 9.51. The monoisotopic (exact) mass is 282 g/mol. The fourth-order valence-corrected chi connectivity index (χ4v) is 2.45. The Balaban J connectivity index is 2.01. The van der Waals surface area contributed by atoms with Crippen molar-refractivity contribution in [2.45, 2.75) is 25.3 Å². The van der Waals surface area contributed by atoms with E-state index >= 15 is 0 Å². The van der Waals surface area contributed by atoms with Crippen molar-refractivity contribution in [3.05, 3.63) is 34.1 Å². The molecule has 1 aromatic rings. The third kappa shape index (κ3) is 3.04. The molecule has 1 aliphatic rings. The van der Waals surface area contributed by atoms with E-state index in [0.29, 0.717) is 12.8 Å². The maximum atomic E-state index is 13.7. The van der Waals surface area contributed by atoms with Gasteiger partial charge >= 0.3 is 5.97 Å². The van der Waals surface area contributed by atoms with Crippen molar-refractivity contribution in [1.29, 1.82) is 0 Å². The molecule has 0 radical (unpaired) electrons. The molecule has 1 fully saturated rings. The lowest BCUT2D eigenvalue weighted by Gasteiger charge is -2.14. The quantitative estimate of drug-likeness (QED) is 0.521. The average Bonchev–Trinajstić information content (AvgIpc) is 2.88. The maximum absolute atomic E-state index is 13.7. The summed E-state index contributed by atoms with van der Waals surface area (Å²) in [5.74, 6) is -1.09. The normalized spacial score (nSPS) is 21.5. The molecule has 2 rings (SSSR count). The van der Waals surface area contributed by atoms with Crippen LogP contribution in [0.2, 0.25) is 0 Å². The number of nitrogens with zero attached hydrogens (tertiary/aromatic N) is 1. The van der Waals surface area contributed by atoms with Crippen molar-refractivity contribution in [3.63, 3.8) is 0 Å². The van der Waals surface area contributed by atoms with Crippen molar-refractivity contribution < 1.29 is 18.8 Å². The van der Waals surface area contributed by atoms with Crippen LogP contribution < -0.4 is 5.32 Å². The molecule has 0 heterocycles. The summed E-state index contributed by atoms with van der Waals surface area (Å²) in [7, 11) is 1.35. The number of carbonyl (C=O) groups excluding carboxylic acids is 1. The van der Waals surface area contributed by atoms with Crippen LogP contribution in [0.4, 0.5) is 15.8 Å². The summed E-state index contributed by atoms with van der Waals surface area (Å²) in [6.07, 6.45) is 2.00. The fraction of sp³-hybridized carbons (Fsp3) is 0.462. The summed E-state index contributed by atoms with van der Waals surface area (Å²) < 4.78 is 18.4. The van der Waals surface area contributed by atoms with Gasteiger partial charge in [0.25, 0.3) is 5.69 Å². The van der Waals surface area contributed by atoms with Crippen molar-refractivity contribution in [2.75, 3.05) is 12.4 Å². The highest BCUT2D eigenvalue weighted by molar-refractivity contribution is 5.72. The third-order valence-electron chi connectivity index (χ3n) is 3.49. The van der Waals surface area contributed by atoms with Crippen molar-refractivity contribution in [1.82, 2.24) is 0 Å². The minimum absolute atomic E-state index is 0.0324. The number of benzene rings is 1. The standard InChI is InChI=1S/C13H15FN2O4/c1-20-13(17)8-2-3-9(6-8)15-12-5-4-10(16(18)19)7-11(12)14/h4-5,7-9,15H,2-3,6H2,1H3/t8-,9+/m0/s1. The number of hydrogen-bond donors (Lipinski definition) is 1. The summed E-state index contributed by atoms with van der Waals surface area (Å²) in [5, 5.41) is 13.5. The lowest BCUT2D eigenvalue weighted by molar-refractivity contribution is -0.385. The predicted molar refractivity (Wildman–Crippen MR) is 69.8 cm³/mol. The Bertz CT molecular complexity index is 535. The Hall–Kier alpha value is -2.18. The number of non-ortho nitro benzene ring substituents is 1. The van der Waals surface area contributed by atoms with Crippen LogP contribution in [0.5, 0.6) is 0 Å². The van der Waals surface area contributed by atoms with Crippen LogP contribution in [-0.4, -0.2) is 24.0 Å². The van der Waals surface area contributed by atoms with Crippen LogP contribution in [0.3, 0.4) is 0 Å². The van der Waals surface area contributed by atoms with Gasteiger partial charge in [-0.05, 0) is 25.3 Å². The van der Waals surface area contributed by atoms with Crippen LogP contribution in [0.15, 0.2) is 18.2 Å². The van der Waals surface area contributed by atoms with E-state index in [1.54, 1.807) is 0 Å². The number of esters is 1. The summed E-state index contributed by atoms with van der Waals surface area (Å²) in [6, 6.07) is 3.45. The molecule has 0 amide bonds. The zero-order valence-electron chi connectivity index (χ0n) is 11.0. The molecular weight excluding hydrogens is 267 g/mol. The first kappa shape index (κ1) is 14.2. The van der Waals surface area contributed by atoms with Crippen molar-refractivity contribution in [3.8, 4) is 0 Å². The molecular formula is C13H15FN2O4. The highest BCUT2D eigenvalue weighted by atomic mass is 19.1. The molecule has 1 aromatic carbocycles. The molecule has 108 valence electrons. The highest BCUT2D eigenvalue weighted by Gasteiger charge is 2.31. The van der Waals surface area contributed by atoms with E-state index in [9.17, 15) is 19.3 Å². The number of ether oxygens (including phenoxy) is 1. The van der Waals surface area contributed by atoms with Gasteiger partial charge in [-0.15, -0.1) is 0 Å². The second-order valence-electron chi connectivity index (χ2n) is 4.80. The predicted octanol–water partition coefficient (Wildman–Crippen LogP) is 2.49. The molecule has 6 nitrogen and oxygen atoms in total. The zero-order chi connectivity index (χ0) is 14.7. The molecule has 1 N–H and O–H groups in total. The zero-order valence-corrected chi connectivity index (χ0v) is 11.0. The van der Waals surface area contributed by atoms with Gasteiger partial charge in [-0.1, -0.05) is 0 Å². The van der Waals surface area contributed by atoms with E-state index in [4.69, 9.17) is 0 Å². The molecule has 0 unspecified atom stereocenters. The number of halogens is 1. The molecule has 0 saturated heterocycles. The van der Waals surface area contributed by atoms with Gasteiger partial charge in [0.2, 0.25) is 0 Å². The van der Waals surface area contributed by atoms with E-state index in [-0.39, 0.29) is 29.3 Å². The second-order valence-corrected chi connectivity index (χ2v) is 4.80. The van der Waals surface area contributed by atoms with E-state index in [1.165, 1.54) is 19.2 Å². The van der Waals surface area contributed by atoms with Gasteiger partial charge in [-0.25, -0.2) is 4.39 Å². The number of rotatable bonds is 4. The number of nitro groups is 1. The molecule has 7 heteroatoms. The minimum atomic E-state index is -0.666. The van der Waals surface area contributed by atoms with E-state index in [1.807, 2.05) is 0 Å². The Morgan fingerprint density at radius 1 is 1.50 bits per heavy atom. The first-order valence-corrected chi connectivity index (χ1v) is 6.29. The van der Waals surface area contributed by atoms with Crippen LogP contribution >= 0.6 is 0 Å². The lowest BCUT2D eigenvalue weighted by atomic mass is 10.1. The molecule has 0 aliphatic heterocycles. The summed E-state index contributed by atoms with van der Waals surface area (Å²) in [4.78, 5) is 21.3. The van der Waals surface area contributed by atoms with Gasteiger partial charge < -0.3 is 10.1 Å². The largest absolute Gasteiger partial charge is 0.469 e. The van der Waals surface area contributed by atoms with Gasteiger partial charge in [-0.2, -0.15) is 0 Å².